The largest absolute Gasteiger partial charge is 0.389 e. The molecule has 100 valence electrons. The molecule has 3 rings (SSSR count). The quantitative estimate of drug-likeness (QED) is 0.905. The van der Waals surface area contributed by atoms with E-state index in [2.05, 4.69) is 23.1 Å². The molecule has 1 aliphatic heterocycles. The SMILES string of the molecule is CC(O)c1ccc(C#N)cc1N1CCc2ccccc21. The fraction of sp³-hybridized carbons (Fsp3) is 0.235. The number of benzene rings is 2. The predicted octanol–water partition coefficient (Wildman–Crippen LogP) is 3.31. The van der Waals surface area contributed by atoms with E-state index in [0.717, 1.165) is 24.2 Å². The molecule has 1 unspecified atom stereocenters. The molecule has 3 heteroatoms. The second kappa shape index (κ2) is 4.99. The zero-order chi connectivity index (χ0) is 14.1. The zero-order valence-corrected chi connectivity index (χ0v) is 11.4. The molecule has 1 atom stereocenters. The average Bonchev–Trinajstić information content (AvgIpc) is 2.90. The van der Waals surface area contributed by atoms with Crippen LogP contribution in [0.25, 0.3) is 0 Å². The molecule has 0 radical (unpaired) electrons. The highest BCUT2D eigenvalue weighted by Crippen LogP contribution is 2.38. The number of aliphatic hydroxyl groups excluding tert-OH is 1. The highest BCUT2D eigenvalue weighted by atomic mass is 16.3. The van der Waals surface area contributed by atoms with Gasteiger partial charge in [0.25, 0.3) is 0 Å². The van der Waals surface area contributed by atoms with E-state index in [-0.39, 0.29) is 0 Å². The van der Waals surface area contributed by atoms with Crippen LogP contribution >= 0.6 is 0 Å². The molecule has 0 spiro atoms. The molecular formula is C17H16N2O. The van der Waals surface area contributed by atoms with E-state index in [4.69, 9.17) is 5.26 Å². The number of nitriles is 1. The molecule has 1 heterocycles. The minimum absolute atomic E-state index is 0.550. The van der Waals surface area contributed by atoms with Gasteiger partial charge in [-0.3, -0.25) is 0 Å². The maximum atomic E-state index is 9.97. The van der Waals surface area contributed by atoms with Gasteiger partial charge in [-0.2, -0.15) is 5.26 Å². The molecule has 0 amide bonds. The van der Waals surface area contributed by atoms with Crippen LogP contribution in [0, 0.1) is 11.3 Å². The third kappa shape index (κ3) is 2.04. The van der Waals surface area contributed by atoms with Gasteiger partial charge in [-0.05, 0) is 37.1 Å². The summed E-state index contributed by atoms with van der Waals surface area (Å²) in [4.78, 5) is 2.19. The Hall–Kier alpha value is -2.31. The summed E-state index contributed by atoms with van der Waals surface area (Å²) >= 11 is 0. The van der Waals surface area contributed by atoms with Crippen molar-refractivity contribution < 1.29 is 5.11 Å². The number of rotatable bonds is 2. The monoisotopic (exact) mass is 264 g/mol. The molecule has 2 aromatic carbocycles. The van der Waals surface area contributed by atoms with E-state index in [0.29, 0.717) is 5.56 Å². The van der Waals surface area contributed by atoms with Gasteiger partial charge >= 0.3 is 0 Å². The molecule has 20 heavy (non-hydrogen) atoms. The van der Waals surface area contributed by atoms with E-state index in [9.17, 15) is 5.11 Å². The predicted molar refractivity (Wildman–Crippen MR) is 78.9 cm³/mol. The number of aliphatic hydroxyl groups is 1. The van der Waals surface area contributed by atoms with Crippen molar-refractivity contribution in [3.63, 3.8) is 0 Å². The number of para-hydroxylation sites is 1. The lowest BCUT2D eigenvalue weighted by molar-refractivity contribution is 0.200. The molecule has 1 N–H and O–H groups in total. The van der Waals surface area contributed by atoms with Gasteiger partial charge in [-0.25, -0.2) is 0 Å². The summed E-state index contributed by atoms with van der Waals surface area (Å²) in [5, 5.41) is 19.1. The first-order valence-electron chi connectivity index (χ1n) is 6.78. The smallest absolute Gasteiger partial charge is 0.0992 e. The Kier molecular flexibility index (Phi) is 3.17. The molecule has 0 saturated heterocycles. The minimum Gasteiger partial charge on any atom is -0.389 e. The number of fused-ring (bicyclic) bond motifs is 1. The van der Waals surface area contributed by atoms with Crippen molar-refractivity contribution in [1.82, 2.24) is 0 Å². The second-order valence-electron chi connectivity index (χ2n) is 5.09. The maximum Gasteiger partial charge on any atom is 0.0992 e. The van der Waals surface area contributed by atoms with Crippen LogP contribution in [0.2, 0.25) is 0 Å². The standard InChI is InChI=1S/C17H16N2O/c1-12(20)15-7-6-13(11-18)10-17(15)19-9-8-14-4-2-3-5-16(14)19/h2-7,10,12,20H,8-9H2,1H3. The molecule has 0 aliphatic carbocycles. The van der Waals surface area contributed by atoms with Gasteiger partial charge in [-0.15, -0.1) is 0 Å². The van der Waals surface area contributed by atoms with Crippen molar-refractivity contribution in [2.24, 2.45) is 0 Å². The fourth-order valence-electron chi connectivity index (χ4n) is 2.79. The van der Waals surface area contributed by atoms with Gasteiger partial charge in [0, 0.05) is 23.5 Å². The number of hydrogen-bond donors (Lipinski definition) is 1. The first-order chi connectivity index (χ1) is 9.70. The molecule has 0 saturated carbocycles. The van der Waals surface area contributed by atoms with E-state index in [1.165, 1.54) is 11.3 Å². The summed E-state index contributed by atoms with van der Waals surface area (Å²) in [7, 11) is 0. The fourth-order valence-corrected chi connectivity index (χ4v) is 2.79. The third-order valence-electron chi connectivity index (χ3n) is 3.79. The Labute approximate surface area is 118 Å². The average molecular weight is 264 g/mol. The van der Waals surface area contributed by atoms with Gasteiger partial charge in [0.15, 0.2) is 0 Å². The van der Waals surface area contributed by atoms with E-state index in [1.54, 1.807) is 13.0 Å². The number of nitrogens with zero attached hydrogens (tertiary/aromatic N) is 2. The Morgan fingerprint density at radius 3 is 2.75 bits per heavy atom. The lowest BCUT2D eigenvalue weighted by Gasteiger charge is -2.24. The maximum absolute atomic E-state index is 9.97. The van der Waals surface area contributed by atoms with Gasteiger partial charge < -0.3 is 10.0 Å². The highest BCUT2D eigenvalue weighted by molar-refractivity contribution is 5.73. The molecule has 2 aromatic rings. The van der Waals surface area contributed by atoms with Crippen LogP contribution in [0.4, 0.5) is 11.4 Å². The minimum atomic E-state index is -0.550. The summed E-state index contributed by atoms with van der Waals surface area (Å²) in [6.07, 6.45) is 0.442. The van der Waals surface area contributed by atoms with Crippen LogP contribution in [-0.4, -0.2) is 11.7 Å². The molecule has 0 bridgehead atoms. The zero-order valence-electron chi connectivity index (χ0n) is 11.4. The van der Waals surface area contributed by atoms with Gasteiger partial charge in [0.2, 0.25) is 0 Å². The van der Waals surface area contributed by atoms with Crippen molar-refractivity contribution in [1.29, 1.82) is 5.26 Å². The van der Waals surface area contributed by atoms with E-state index >= 15 is 0 Å². The van der Waals surface area contributed by atoms with Gasteiger partial charge in [0.05, 0.1) is 17.7 Å². The summed E-state index contributed by atoms with van der Waals surface area (Å²) in [5.74, 6) is 0. The molecule has 0 fully saturated rings. The normalized spacial score (nSPS) is 14.8. The summed E-state index contributed by atoms with van der Waals surface area (Å²) < 4.78 is 0. The number of anilines is 2. The third-order valence-corrected chi connectivity index (χ3v) is 3.79. The number of hydrogen-bond acceptors (Lipinski definition) is 3. The van der Waals surface area contributed by atoms with Crippen LogP contribution in [0.5, 0.6) is 0 Å². The summed E-state index contributed by atoms with van der Waals surface area (Å²) in [6.45, 7) is 2.64. The summed E-state index contributed by atoms with van der Waals surface area (Å²) in [5.41, 5.74) is 4.90. The lowest BCUT2D eigenvalue weighted by Crippen LogP contribution is -2.16. The van der Waals surface area contributed by atoms with E-state index < -0.39 is 6.10 Å². The molecular weight excluding hydrogens is 248 g/mol. The Bertz CT molecular complexity index is 686. The van der Waals surface area contributed by atoms with Gasteiger partial charge in [-0.1, -0.05) is 24.3 Å². The van der Waals surface area contributed by atoms with Crippen LogP contribution in [0.15, 0.2) is 42.5 Å². The van der Waals surface area contributed by atoms with Crippen molar-refractivity contribution in [3.05, 3.63) is 59.2 Å². The molecule has 0 aromatic heterocycles. The molecule has 3 nitrogen and oxygen atoms in total. The van der Waals surface area contributed by atoms with Crippen LogP contribution in [-0.2, 0) is 6.42 Å². The summed E-state index contributed by atoms with van der Waals surface area (Å²) in [6, 6.07) is 15.9. The lowest BCUT2D eigenvalue weighted by atomic mass is 10.0. The van der Waals surface area contributed by atoms with Crippen molar-refractivity contribution in [2.75, 3.05) is 11.4 Å². The first kappa shape index (κ1) is 12.7. The Balaban J connectivity index is 2.13. The van der Waals surface area contributed by atoms with Gasteiger partial charge in [0.1, 0.15) is 0 Å². The second-order valence-corrected chi connectivity index (χ2v) is 5.09. The Morgan fingerprint density at radius 2 is 2.00 bits per heavy atom. The van der Waals surface area contributed by atoms with Crippen molar-refractivity contribution >= 4 is 11.4 Å². The highest BCUT2D eigenvalue weighted by Gasteiger charge is 2.23. The van der Waals surface area contributed by atoms with Crippen molar-refractivity contribution in [3.8, 4) is 6.07 Å². The van der Waals surface area contributed by atoms with Crippen LogP contribution in [0.3, 0.4) is 0 Å². The van der Waals surface area contributed by atoms with Crippen LogP contribution in [0.1, 0.15) is 29.7 Å². The topological polar surface area (TPSA) is 47.3 Å². The van der Waals surface area contributed by atoms with Crippen molar-refractivity contribution in [2.45, 2.75) is 19.4 Å². The molecule has 1 aliphatic rings. The first-order valence-corrected chi connectivity index (χ1v) is 6.78. The van der Waals surface area contributed by atoms with E-state index in [1.807, 2.05) is 24.3 Å². The Morgan fingerprint density at radius 1 is 1.20 bits per heavy atom. The van der Waals surface area contributed by atoms with Crippen LogP contribution < -0.4 is 4.90 Å².